The molecule has 2 heterocycles. The number of imide groups is 1. The third-order valence-corrected chi connectivity index (χ3v) is 3.56. The average molecular weight is 270 g/mol. The highest BCUT2D eigenvalue weighted by Gasteiger charge is 2.24. The number of benzene rings is 1. The third-order valence-electron chi connectivity index (χ3n) is 3.56. The Morgan fingerprint density at radius 2 is 1.60 bits per heavy atom. The zero-order chi connectivity index (χ0) is 14.1. The van der Waals surface area contributed by atoms with Crippen LogP contribution in [-0.2, 0) is 20.9 Å². The van der Waals surface area contributed by atoms with E-state index in [4.69, 9.17) is 0 Å². The number of rotatable bonds is 3. The monoisotopic (exact) mass is 270 g/mol. The number of hydrogen-bond donors (Lipinski definition) is 0. The van der Waals surface area contributed by atoms with Crippen molar-refractivity contribution in [3.8, 4) is 0 Å². The number of carbonyl (C=O) groups is 3. The van der Waals surface area contributed by atoms with E-state index in [2.05, 4.69) is 0 Å². The van der Waals surface area contributed by atoms with E-state index in [1.54, 1.807) is 4.90 Å². The minimum absolute atomic E-state index is 0.145. The second kappa shape index (κ2) is 4.92. The van der Waals surface area contributed by atoms with Crippen LogP contribution in [0.3, 0.4) is 0 Å². The van der Waals surface area contributed by atoms with Crippen LogP contribution in [0.2, 0.25) is 0 Å². The van der Waals surface area contributed by atoms with Crippen LogP contribution < -0.4 is 4.90 Å². The van der Waals surface area contributed by atoms with Crippen molar-refractivity contribution in [1.82, 2.24) is 4.90 Å². The molecule has 2 aliphatic heterocycles. The molecule has 1 aromatic rings. The first kappa shape index (κ1) is 12.6. The normalized spacial score (nSPS) is 18.5. The van der Waals surface area contributed by atoms with Crippen LogP contribution in [0.15, 0.2) is 36.4 Å². The van der Waals surface area contributed by atoms with Crippen molar-refractivity contribution in [2.24, 2.45) is 0 Å². The largest absolute Gasteiger partial charge is 0.312 e. The summed E-state index contributed by atoms with van der Waals surface area (Å²) in [5.41, 5.74) is 1.74. The Labute approximate surface area is 116 Å². The molecule has 2 aliphatic rings. The lowest BCUT2D eigenvalue weighted by atomic mass is 10.2. The predicted molar refractivity (Wildman–Crippen MR) is 72.7 cm³/mol. The van der Waals surface area contributed by atoms with Crippen molar-refractivity contribution >= 4 is 23.4 Å². The summed E-state index contributed by atoms with van der Waals surface area (Å²) in [6.45, 7) is 1.02. The van der Waals surface area contributed by atoms with Gasteiger partial charge in [-0.2, -0.15) is 0 Å². The Morgan fingerprint density at radius 1 is 0.950 bits per heavy atom. The van der Waals surface area contributed by atoms with Crippen molar-refractivity contribution < 1.29 is 14.4 Å². The third kappa shape index (κ3) is 2.22. The molecule has 0 saturated carbocycles. The van der Waals surface area contributed by atoms with Crippen molar-refractivity contribution in [3.05, 3.63) is 42.0 Å². The first-order chi connectivity index (χ1) is 9.65. The van der Waals surface area contributed by atoms with Crippen LogP contribution in [0.5, 0.6) is 0 Å². The summed E-state index contributed by atoms with van der Waals surface area (Å²) in [5, 5.41) is 0. The molecular weight excluding hydrogens is 256 g/mol. The van der Waals surface area contributed by atoms with Gasteiger partial charge in [0.1, 0.15) is 0 Å². The van der Waals surface area contributed by atoms with Gasteiger partial charge >= 0.3 is 0 Å². The molecule has 1 saturated heterocycles. The number of anilines is 1. The van der Waals surface area contributed by atoms with Crippen LogP contribution in [0.25, 0.3) is 0 Å². The van der Waals surface area contributed by atoms with E-state index < -0.39 is 0 Å². The smallest absolute Gasteiger partial charge is 0.253 e. The Kier molecular flexibility index (Phi) is 3.10. The molecule has 5 nitrogen and oxygen atoms in total. The van der Waals surface area contributed by atoms with E-state index in [1.807, 2.05) is 24.3 Å². The molecule has 0 aliphatic carbocycles. The van der Waals surface area contributed by atoms with Crippen LogP contribution in [-0.4, -0.2) is 29.2 Å². The summed E-state index contributed by atoms with van der Waals surface area (Å²) in [6, 6.07) is 7.41. The second-order valence-corrected chi connectivity index (χ2v) is 4.91. The van der Waals surface area contributed by atoms with Crippen LogP contribution >= 0.6 is 0 Å². The lowest BCUT2D eigenvalue weighted by Gasteiger charge is -2.17. The van der Waals surface area contributed by atoms with E-state index >= 15 is 0 Å². The van der Waals surface area contributed by atoms with E-state index in [9.17, 15) is 14.4 Å². The van der Waals surface area contributed by atoms with Crippen LogP contribution in [0.1, 0.15) is 18.4 Å². The molecule has 102 valence electrons. The summed E-state index contributed by atoms with van der Waals surface area (Å²) in [6.07, 6.45) is 4.05. The summed E-state index contributed by atoms with van der Waals surface area (Å²) in [4.78, 5) is 37.5. The Morgan fingerprint density at radius 3 is 2.15 bits per heavy atom. The number of amides is 3. The van der Waals surface area contributed by atoms with Crippen molar-refractivity contribution in [1.29, 1.82) is 0 Å². The zero-order valence-corrected chi connectivity index (χ0v) is 10.9. The Hall–Kier alpha value is -2.43. The van der Waals surface area contributed by atoms with Gasteiger partial charge in [-0.15, -0.1) is 0 Å². The number of carbonyl (C=O) groups excluding carboxylic acids is 3. The lowest BCUT2D eigenvalue weighted by Crippen LogP contribution is -2.29. The van der Waals surface area contributed by atoms with Gasteiger partial charge in [-0.25, -0.2) is 0 Å². The fourth-order valence-electron chi connectivity index (χ4n) is 2.47. The van der Waals surface area contributed by atoms with Gasteiger partial charge in [0.15, 0.2) is 0 Å². The SMILES string of the molecule is O=C1C=CC(=O)N1Cc1ccc(N2CCCC2=O)cc1. The molecule has 0 unspecified atom stereocenters. The van der Waals surface area contributed by atoms with E-state index in [0.717, 1.165) is 24.2 Å². The minimum atomic E-state index is -0.284. The molecule has 1 aromatic carbocycles. The minimum Gasteiger partial charge on any atom is -0.312 e. The topological polar surface area (TPSA) is 57.7 Å². The highest BCUT2D eigenvalue weighted by molar-refractivity contribution is 6.12. The number of hydrogen-bond acceptors (Lipinski definition) is 3. The van der Waals surface area contributed by atoms with Gasteiger partial charge in [-0.05, 0) is 24.1 Å². The maximum absolute atomic E-state index is 11.6. The maximum atomic E-state index is 11.6. The molecule has 0 N–H and O–H groups in total. The molecule has 5 heteroatoms. The van der Waals surface area contributed by atoms with E-state index in [1.165, 1.54) is 17.1 Å². The molecule has 0 atom stereocenters. The lowest BCUT2D eigenvalue weighted by molar-refractivity contribution is -0.137. The van der Waals surface area contributed by atoms with E-state index in [-0.39, 0.29) is 24.3 Å². The standard InChI is InChI=1S/C15H14N2O3/c18-13-2-1-9-16(13)12-5-3-11(4-6-12)10-17-14(19)7-8-15(17)20/h3-8H,1-2,9-10H2. The summed E-state index contributed by atoms with van der Waals surface area (Å²) >= 11 is 0. The Balaban J connectivity index is 1.72. The van der Waals surface area contributed by atoms with Gasteiger partial charge in [-0.3, -0.25) is 19.3 Å². The molecular formula is C15H14N2O3. The fourth-order valence-corrected chi connectivity index (χ4v) is 2.47. The van der Waals surface area contributed by atoms with Crippen molar-refractivity contribution in [3.63, 3.8) is 0 Å². The summed E-state index contributed by atoms with van der Waals surface area (Å²) in [5.74, 6) is -0.422. The van der Waals surface area contributed by atoms with Crippen molar-refractivity contribution in [2.45, 2.75) is 19.4 Å². The molecule has 3 rings (SSSR count). The fraction of sp³-hybridized carbons (Fsp3) is 0.267. The van der Waals surface area contributed by atoms with Gasteiger partial charge in [0, 0.05) is 30.8 Å². The Bertz CT molecular complexity index is 586. The van der Waals surface area contributed by atoms with E-state index in [0.29, 0.717) is 6.42 Å². The highest BCUT2D eigenvalue weighted by atomic mass is 16.2. The quantitative estimate of drug-likeness (QED) is 0.776. The van der Waals surface area contributed by atoms with Gasteiger partial charge in [0.2, 0.25) is 5.91 Å². The first-order valence-corrected chi connectivity index (χ1v) is 6.58. The van der Waals surface area contributed by atoms with Gasteiger partial charge in [-0.1, -0.05) is 12.1 Å². The predicted octanol–water partition coefficient (Wildman–Crippen LogP) is 1.24. The molecule has 0 spiro atoms. The molecule has 0 radical (unpaired) electrons. The molecule has 20 heavy (non-hydrogen) atoms. The molecule has 0 aromatic heterocycles. The van der Waals surface area contributed by atoms with Crippen LogP contribution in [0.4, 0.5) is 5.69 Å². The molecule has 3 amide bonds. The van der Waals surface area contributed by atoms with Gasteiger partial charge in [0.05, 0.1) is 6.54 Å². The highest BCUT2D eigenvalue weighted by Crippen LogP contribution is 2.22. The van der Waals surface area contributed by atoms with Crippen molar-refractivity contribution in [2.75, 3.05) is 11.4 Å². The molecule has 0 bridgehead atoms. The first-order valence-electron chi connectivity index (χ1n) is 6.58. The van der Waals surface area contributed by atoms with Crippen LogP contribution in [0, 0.1) is 0 Å². The average Bonchev–Trinajstić information content (AvgIpc) is 3.00. The summed E-state index contributed by atoms with van der Waals surface area (Å²) < 4.78 is 0. The second-order valence-electron chi connectivity index (χ2n) is 4.91. The zero-order valence-electron chi connectivity index (χ0n) is 10.9. The van der Waals surface area contributed by atoms with Gasteiger partial charge in [0.25, 0.3) is 11.8 Å². The van der Waals surface area contributed by atoms with Gasteiger partial charge < -0.3 is 4.90 Å². The number of nitrogens with zero attached hydrogens (tertiary/aromatic N) is 2. The maximum Gasteiger partial charge on any atom is 0.253 e. The molecule has 1 fully saturated rings. The summed E-state index contributed by atoms with van der Waals surface area (Å²) in [7, 11) is 0.